The topological polar surface area (TPSA) is 40.1 Å². The maximum atomic E-state index is 12.9. The Balaban J connectivity index is 1.97. The van der Waals surface area contributed by atoms with Gasteiger partial charge >= 0.3 is 6.18 Å². The zero-order chi connectivity index (χ0) is 19.2. The van der Waals surface area contributed by atoms with Crippen LogP contribution in [0.1, 0.15) is 26.7 Å². The van der Waals surface area contributed by atoms with Gasteiger partial charge in [-0.15, -0.1) is 0 Å². The summed E-state index contributed by atoms with van der Waals surface area (Å²) in [7, 11) is 0. The standard InChI is InChI=1S/C17H31F3N4OS/c1-4-21-15(22-13-16(26-3)5-11-25-12-6-16)24-9-7-23(8-10-24)14(2)17(18,19)20/h14H,4-13H2,1-3H3,(H,21,22). The van der Waals surface area contributed by atoms with Gasteiger partial charge in [0.1, 0.15) is 6.04 Å². The summed E-state index contributed by atoms with van der Waals surface area (Å²) >= 11 is 1.84. The van der Waals surface area contributed by atoms with E-state index in [0.29, 0.717) is 32.7 Å². The van der Waals surface area contributed by atoms with Gasteiger partial charge in [-0.05, 0) is 32.9 Å². The lowest BCUT2D eigenvalue weighted by molar-refractivity contribution is -0.181. The quantitative estimate of drug-likeness (QED) is 0.571. The molecule has 2 saturated heterocycles. The highest BCUT2D eigenvalue weighted by atomic mass is 32.2. The molecule has 0 spiro atoms. The van der Waals surface area contributed by atoms with Crippen molar-refractivity contribution in [2.24, 2.45) is 4.99 Å². The zero-order valence-electron chi connectivity index (χ0n) is 15.9. The molecule has 1 unspecified atom stereocenters. The van der Waals surface area contributed by atoms with Crippen LogP contribution >= 0.6 is 11.8 Å². The molecular formula is C17H31F3N4OS. The van der Waals surface area contributed by atoms with Gasteiger partial charge in [-0.25, -0.2) is 0 Å². The van der Waals surface area contributed by atoms with E-state index in [-0.39, 0.29) is 4.75 Å². The average molecular weight is 397 g/mol. The molecule has 0 aromatic rings. The number of hydrogen-bond acceptors (Lipinski definition) is 4. The van der Waals surface area contributed by atoms with E-state index in [1.807, 2.05) is 18.7 Å². The summed E-state index contributed by atoms with van der Waals surface area (Å²) in [5.74, 6) is 0.812. The van der Waals surface area contributed by atoms with Crippen molar-refractivity contribution in [3.8, 4) is 0 Å². The molecule has 0 aliphatic carbocycles. The van der Waals surface area contributed by atoms with Gasteiger partial charge in [0.05, 0.1) is 6.54 Å². The van der Waals surface area contributed by atoms with Gasteiger partial charge in [0.15, 0.2) is 5.96 Å². The van der Waals surface area contributed by atoms with Crippen LogP contribution in [-0.2, 0) is 4.74 Å². The van der Waals surface area contributed by atoms with E-state index in [0.717, 1.165) is 38.6 Å². The number of thioether (sulfide) groups is 1. The zero-order valence-corrected chi connectivity index (χ0v) is 16.8. The van der Waals surface area contributed by atoms with Crippen molar-refractivity contribution in [3.05, 3.63) is 0 Å². The molecule has 0 bridgehead atoms. The number of rotatable bonds is 5. The Bertz CT molecular complexity index is 461. The van der Waals surface area contributed by atoms with E-state index in [1.165, 1.54) is 11.8 Å². The van der Waals surface area contributed by atoms with Crippen molar-refractivity contribution in [1.82, 2.24) is 15.1 Å². The van der Waals surface area contributed by atoms with Crippen molar-refractivity contribution in [1.29, 1.82) is 0 Å². The van der Waals surface area contributed by atoms with Crippen molar-refractivity contribution in [2.45, 2.75) is 43.7 Å². The van der Waals surface area contributed by atoms with Crippen LogP contribution in [-0.4, -0.2) is 91.5 Å². The van der Waals surface area contributed by atoms with E-state index in [1.54, 1.807) is 0 Å². The first-order valence-electron chi connectivity index (χ1n) is 9.28. The Morgan fingerprint density at radius 2 is 1.85 bits per heavy atom. The van der Waals surface area contributed by atoms with E-state index >= 15 is 0 Å². The van der Waals surface area contributed by atoms with E-state index in [2.05, 4.69) is 16.5 Å². The number of aliphatic imine (C=N–C) groups is 1. The minimum atomic E-state index is -4.17. The highest BCUT2D eigenvalue weighted by Gasteiger charge is 2.41. The van der Waals surface area contributed by atoms with Crippen molar-refractivity contribution in [3.63, 3.8) is 0 Å². The van der Waals surface area contributed by atoms with Crippen LogP contribution in [0.2, 0.25) is 0 Å². The summed E-state index contributed by atoms with van der Waals surface area (Å²) in [6, 6.07) is -1.40. The molecule has 2 heterocycles. The molecule has 2 rings (SSSR count). The second kappa shape index (κ2) is 9.50. The lowest BCUT2D eigenvalue weighted by Crippen LogP contribution is -2.57. The van der Waals surface area contributed by atoms with Crippen LogP contribution < -0.4 is 5.32 Å². The molecule has 152 valence electrons. The minimum absolute atomic E-state index is 0.103. The van der Waals surface area contributed by atoms with Gasteiger partial charge < -0.3 is 15.0 Å². The molecule has 5 nitrogen and oxygen atoms in total. The highest BCUT2D eigenvalue weighted by molar-refractivity contribution is 8.00. The van der Waals surface area contributed by atoms with Gasteiger partial charge in [0, 0.05) is 50.7 Å². The maximum absolute atomic E-state index is 12.9. The van der Waals surface area contributed by atoms with E-state index in [9.17, 15) is 13.2 Å². The number of nitrogens with one attached hydrogen (secondary N) is 1. The summed E-state index contributed by atoms with van der Waals surface area (Å²) in [5.41, 5.74) is 0. The third kappa shape index (κ3) is 5.66. The van der Waals surface area contributed by atoms with Crippen molar-refractivity contribution >= 4 is 17.7 Å². The molecule has 0 radical (unpaired) electrons. The molecule has 0 amide bonds. The number of ether oxygens (including phenoxy) is 1. The second-order valence-corrected chi connectivity index (χ2v) is 8.18. The Labute approximate surface area is 158 Å². The highest BCUT2D eigenvalue weighted by Crippen LogP contribution is 2.34. The third-order valence-corrected chi connectivity index (χ3v) is 6.73. The predicted octanol–water partition coefficient (Wildman–Crippen LogP) is 2.43. The second-order valence-electron chi connectivity index (χ2n) is 6.91. The lowest BCUT2D eigenvalue weighted by Gasteiger charge is -2.40. The SMILES string of the molecule is CCNC(=NCC1(SC)CCOCC1)N1CCN(C(C)C(F)(F)F)CC1. The predicted molar refractivity (Wildman–Crippen MR) is 101 cm³/mol. The molecule has 0 aromatic heterocycles. The number of alkyl halides is 3. The molecule has 26 heavy (non-hydrogen) atoms. The molecule has 2 aliphatic rings. The Morgan fingerprint density at radius 3 is 2.35 bits per heavy atom. The molecule has 9 heteroatoms. The van der Waals surface area contributed by atoms with Crippen LogP contribution in [0.5, 0.6) is 0 Å². The summed E-state index contributed by atoms with van der Waals surface area (Å²) in [4.78, 5) is 8.42. The van der Waals surface area contributed by atoms with Crippen LogP contribution in [0, 0.1) is 0 Å². The fraction of sp³-hybridized carbons (Fsp3) is 0.941. The monoisotopic (exact) mass is 396 g/mol. The normalized spacial score (nSPS) is 23.8. The molecule has 0 saturated carbocycles. The van der Waals surface area contributed by atoms with Gasteiger partial charge in [0.25, 0.3) is 0 Å². The third-order valence-electron chi connectivity index (χ3n) is 5.32. The summed E-state index contributed by atoms with van der Waals surface area (Å²) in [5, 5.41) is 3.30. The number of hydrogen-bond donors (Lipinski definition) is 1. The van der Waals surface area contributed by atoms with Gasteiger partial charge in [-0.1, -0.05) is 0 Å². The maximum Gasteiger partial charge on any atom is 0.403 e. The summed E-state index contributed by atoms with van der Waals surface area (Å²) in [6.07, 6.45) is -0.0957. The molecule has 0 aromatic carbocycles. The summed E-state index contributed by atoms with van der Waals surface area (Å²) < 4.78 is 44.3. The van der Waals surface area contributed by atoms with Crippen LogP contribution in [0.25, 0.3) is 0 Å². The van der Waals surface area contributed by atoms with E-state index < -0.39 is 12.2 Å². The fourth-order valence-corrected chi connectivity index (χ4v) is 4.11. The molecular weight excluding hydrogens is 365 g/mol. The van der Waals surface area contributed by atoms with Crippen LogP contribution in [0.3, 0.4) is 0 Å². The average Bonchev–Trinajstić information content (AvgIpc) is 2.65. The first-order valence-corrected chi connectivity index (χ1v) is 10.5. The van der Waals surface area contributed by atoms with Crippen LogP contribution in [0.4, 0.5) is 13.2 Å². The first kappa shape index (κ1) is 21.6. The molecule has 2 aliphatic heterocycles. The van der Waals surface area contributed by atoms with Gasteiger partial charge in [0.2, 0.25) is 0 Å². The Morgan fingerprint density at radius 1 is 1.23 bits per heavy atom. The largest absolute Gasteiger partial charge is 0.403 e. The minimum Gasteiger partial charge on any atom is -0.381 e. The summed E-state index contributed by atoms with van der Waals surface area (Å²) in [6.45, 7) is 8.13. The van der Waals surface area contributed by atoms with Crippen molar-refractivity contribution in [2.75, 3.05) is 58.7 Å². The van der Waals surface area contributed by atoms with E-state index in [4.69, 9.17) is 9.73 Å². The number of halogens is 3. The van der Waals surface area contributed by atoms with Gasteiger partial charge in [-0.3, -0.25) is 9.89 Å². The molecule has 2 fully saturated rings. The number of piperazine rings is 1. The number of guanidine groups is 1. The van der Waals surface area contributed by atoms with Crippen LogP contribution in [0.15, 0.2) is 4.99 Å². The number of nitrogens with zero attached hydrogens (tertiary/aromatic N) is 3. The Kier molecular flexibility index (Phi) is 7.90. The molecule has 1 N–H and O–H groups in total. The Hall–Kier alpha value is -0.670. The smallest absolute Gasteiger partial charge is 0.381 e. The van der Waals surface area contributed by atoms with Gasteiger partial charge in [-0.2, -0.15) is 24.9 Å². The molecule has 1 atom stereocenters. The fourth-order valence-electron chi connectivity index (χ4n) is 3.34. The first-order chi connectivity index (χ1) is 12.3. The lowest BCUT2D eigenvalue weighted by atomic mass is 9.99. The van der Waals surface area contributed by atoms with Crippen molar-refractivity contribution < 1.29 is 17.9 Å².